The topological polar surface area (TPSA) is 40.5 Å². The third-order valence-corrected chi connectivity index (χ3v) is 4.38. The van der Waals surface area contributed by atoms with E-state index in [2.05, 4.69) is 0 Å². The van der Waals surface area contributed by atoms with Gasteiger partial charge >= 0.3 is 0 Å². The number of nitrogens with zero attached hydrogens (tertiary/aromatic N) is 1. The number of benzene rings is 2. The maximum atomic E-state index is 14.5. The zero-order valence-corrected chi connectivity index (χ0v) is 15.3. The number of halogens is 2. The average Bonchev–Trinajstić information content (AvgIpc) is 2.67. The molecule has 0 saturated carbocycles. The first-order valence-electron chi connectivity index (χ1n) is 8.29. The minimum Gasteiger partial charge on any atom is -0.497 e. The Morgan fingerprint density at radius 3 is 2.50 bits per heavy atom. The van der Waals surface area contributed by atoms with Gasteiger partial charge in [0, 0.05) is 11.8 Å². The zero-order chi connectivity index (χ0) is 18.7. The summed E-state index contributed by atoms with van der Waals surface area (Å²) in [4.78, 5) is 13.0. The maximum Gasteiger partial charge on any atom is 0.200 e. The molecule has 0 aliphatic rings. The molecule has 3 aromatic rings. The molecular formula is C20H19ClFNO3. The molecule has 1 aromatic heterocycles. The van der Waals surface area contributed by atoms with Gasteiger partial charge in [0.1, 0.15) is 17.3 Å². The van der Waals surface area contributed by atoms with E-state index < -0.39 is 11.2 Å². The van der Waals surface area contributed by atoms with Crippen molar-refractivity contribution >= 4 is 22.5 Å². The lowest BCUT2D eigenvalue weighted by Gasteiger charge is -2.15. The molecule has 136 valence electrons. The van der Waals surface area contributed by atoms with Crippen LogP contribution in [-0.2, 0) is 6.00 Å². The molecule has 3 rings (SSSR count). The number of methoxy groups -OCH3 is 1. The standard InChI is InChI=1S/C20H19ClFNO3/c1-3-10-26-17-9-8-16(22)18-19(17)23(12-21)11-15(20(18)24)13-4-6-14(25-2)7-5-13/h4-9,11H,3,10,12H2,1-2H3. The van der Waals surface area contributed by atoms with Crippen LogP contribution < -0.4 is 14.9 Å². The highest BCUT2D eigenvalue weighted by Crippen LogP contribution is 2.30. The first kappa shape index (κ1) is 18.3. The van der Waals surface area contributed by atoms with Crippen LogP contribution >= 0.6 is 11.6 Å². The van der Waals surface area contributed by atoms with Crippen LogP contribution in [0.15, 0.2) is 47.4 Å². The molecule has 26 heavy (non-hydrogen) atoms. The fourth-order valence-electron chi connectivity index (χ4n) is 2.86. The number of aromatic nitrogens is 1. The largest absolute Gasteiger partial charge is 0.497 e. The molecule has 4 nitrogen and oxygen atoms in total. The Hall–Kier alpha value is -2.53. The van der Waals surface area contributed by atoms with Gasteiger partial charge in [-0.15, -0.1) is 11.6 Å². The lowest BCUT2D eigenvalue weighted by Crippen LogP contribution is -2.14. The highest BCUT2D eigenvalue weighted by Gasteiger charge is 2.18. The van der Waals surface area contributed by atoms with E-state index in [1.54, 1.807) is 42.1 Å². The summed E-state index contributed by atoms with van der Waals surface area (Å²) in [5, 5.41) is -0.0208. The molecule has 6 heteroatoms. The second-order valence-corrected chi connectivity index (χ2v) is 6.05. The van der Waals surface area contributed by atoms with Gasteiger partial charge in [0.2, 0.25) is 0 Å². The molecule has 1 heterocycles. The summed E-state index contributed by atoms with van der Waals surface area (Å²) < 4.78 is 27.0. The Morgan fingerprint density at radius 1 is 1.15 bits per heavy atom. The lowest BCUT2D eigenvalue weighted by molar-refractivity contribution is 0.319. The fraction of sp³-hybridized carbons (Fsp3) is 0.250. The quantitative estimate of drug-likeness (QED) is 0.581. The Kier molecular flexibility index (Phi) is 5.47. The first-order valence-corrected chi connectivity index (χ1v) is 8.83. The molecular weight excluding hydrogens is 357 g/mol. The second-order valence-electron chi connectivity index (χ2n) is 5.81. The predicted octanol–water partition coefficient (Wildman–Crippen LogP) is 4.80. The highest BCUT2D eigenvalue weighted by molar-refractivity contribution is 6.16. The van der Waals surface area contributed by atoms with Gasteiger partial charge in [-0.1, -0.05) is 19.1 Å². The summed E-state index contributed by atoms with van der Waals surface area (Å²) in [5.41, 5.74) is 1.00. The van der Waals surface area contributed by atoms with Crippen molar-refractivity contribution in [3.05, 3.63) is 58.6 Å². The first-order chi connectivity index (χ1) is 12.6. The van der Waals surface area contributed by atoms with Crippen LogP contribution in [0.25, 0.3) is 22.0 Å². The number of hydrogen-bond donors (Lipinski definition) is 0. The van der Waals surface area contributed by atoms with E-state index >= 15 is 0 Å². The van der Waals surface area contributed by atoms with E-state index in [-0.39, 0.29) is 11.4 Å². The summed E-state index contributed by atoms with van der Waals surface area (Å²) in [5.74, 6) is 0.527. The van der Waals surface area contributed by atoms with Gasteiger partial charge in [0.05, 0.1) is 30.6 Å². The van der Waals surface area contributed by atoms with Gasteiger partial charge in [-0.2, -0.15) is 0 Å². The summed E-state index contributed by atoms with van der Waals surface area (Å²) in [6, 6.07) is 9.87. The number of alkyl halides is 1. The van der Waals surface area contributed by atoms with Gasteiger partial charge in [0.15, 0.2) is 5.43 Å². The van der Waals surface area contributed by atoms with Crippen LogP contribution in [-0.4, -0.2) is 18.3 Å². The molecule has 0 bridgehead atoms. The van der Waals surface area contributed by atoms with Crippen LogP contribution in [0.3, 0.4) is 0 Å². The van der Waals surface area contributed by atoms with E-state index in [0.717, 1.165) is 6.42 Å². The number of fused-ring (bicyclic) bond motifs is 1. The number of hydrogen-bond acceptors (Lipinski definition) is 3. The van der Waals surface area contributed by atoms with Crippen LogP contribution in [0.5, 0.6) is 11.5 Å². The molecule has 0 fully saturated rings. The van der Waals surface area contributed by atoms with Crippen molar-refractivity contribution in [1.29, 1.82) is 0 Å². The summed E-state index contributed by atoms with van der Waals surface area (Å²) in [6.45, 7) is 2.44. The number of ether oxygens (including phenoxy) is 2. The molecule has 0 saturated heterocycles. The molecule has 0 unspecified atom stereocenters. The SMILES string of the molecule is CCCOc1ccc(F)c2c(=O)c(-c3ccc(OC)cc3)cn(CCl)c12. The summed E-state index contributed by atoms with van der Waals surface area (Å²) >= 11 is 6.09. The number of rotatable bonds is 6. The van der Waals surface area contributed by atoms with Crippen LogP contribution in [0.1, 0.15) is 13.3 Å². The van der Waals surface area contributed by atoms with Crippen molar-refractivity contribution in [2.45, 2.75) is 19.3 Å². The van der Waals surface area contributed by atoms with E-state index in [4.69, 9.17) is 21.1 Å². The normalized spacial score (nSPS) is 10.9. The van der Waals surface area contributed by atoms with E-state index in [0.29, 0.717) is 34.7 Å². The van der Waals surface area contributed by atoms with E-state index in [1.807, 2.05) is 6.92 Å². The molecule has 0 atom stereocenters. The van der Waals surface area contributed by atoms with Gasteiger partial charge in [-0.3, -0.25) is 4.79 Å². The van der Waals surface area contributed by atoms with E-state index in [9.17, 15) is 9.18 Å². The van der Waals surface area contributed by atoms with Crippen molar-refractivity contribution < 1.29 is 13.9 Å². The molecule has 0 radical (unpaired) electrons. The van der Waals surface area contributed by atoms with Gasteiger partial charge in [-0.25, -0.2) is 4.39 Å². The lowest BCUT2D eigenvalue weighted by atomic mass is 10.0. The average molecular weight is 376 g/mol. The monoisotopic (exact) mass is 375 g/mol. The van der Waals surface area contributed by atoms with Crippen LogP contribution in [0, 0.1) is 5.82 Å². The molecule has 0 N–H and O–H groups in total. The Labute approximate surface area is 155 Å². The Bertz CT molecular complexity index is 983. The summed E-state index contributed by atoms with van der Waals surface area (Å²) in [7, 11) is 1.57. The van der Waals surface area contributed by atoms with Crippen LogP contribution in [0.4, 0.5) is 4.39 Å². The number of pyridine rings is 1. The third-order valence-electron chi connectivity index (χ3n) is 4.13. The summed E-state index contributed by atoms with van der Waals surface area (Å²) in [6.07, 6.45) is 2.44. The Balaban J connectivity index is 2.28. The highest BCUT2D eigenvalue weighted by atomic mass is 35.5. The molecule has 0 spiro atoms. The molecule has 0 aliphatic heterocycles. The van der Waals surface area contributed by atoms with Crippen LogP contribution in [0.2, 0.25) is 0 Å². The predicted molar refractivity (Wildman–Crippen MR) is 102 cm³/mol. The molecule has 2 aromatic carbocycles. The zero-order valence-electron chi connectivity index (χ0n) is 14.6. The van der Waals surface area contributed by atoms with E-state index in [1.165, 1.54) is 12.1 Å². The van der Waals surface area contributed by atoms with Crippen molar-refractivity contribution in [3.8, 4) is 22.6 Å². The van der Waals surface area contributed by atoms with Crippen molar-refractivity contribution in [2.75, 3.05) is 13.7 Å². The van der Waals surface area contributed by atoms with Gasteiger partial charge < -0.3 is 14.0 Å². The Morgan fingerprint density at radius 2 is 1.88 bits per heavy atom. The molecule has 0 aliphatic carbocycles. The van der Waals surface area contributed by atoms with Crippen molar-refractivity contribution in [2.24, 2.45) is 0 Å². The fourth-order valence-corrected chi connectivity index (χ4v) is 3.05. The minimum atomic E-state index is -0.594. The second kappa shape index (κ2) is 7.79. The minimum absolute atomic E-state index is 0.0208. The van der Waals surface area contributed by atoms with Crippen molar-refractivity contribution in [3.63, 3.8) is 0 Å². The van der Waals surface area contributed by atoms with Gasteiger partial charge in [0.25, 0.3) is 0 Å². The maximum absolute atomic E-state index is 14.5. The smallest absolute Gasteiger partial charge is 0.200 e. The van der Waals surface area contributed by atoms with Gasteiger partial charge in [-0.05, 0) is 36.2 Å². The van der Waals surface area contributed by atoms with Crippen molar-refractivity contribution in [1.82, 2.24) is 4.57 Å². The molecule has 0 amide bonds. The third kappa shape index (κ3) is 3.27.